The van der Waals surface area contributed by atoms with Crippen molar-refractivity contribution in [1.82, 2.24) is 5.32 Å². The third kappa shape index (κ3) is 5.30. The average Bonchev–Trinajstić information content (AvgIpc) is 2.58. The van der Waals surface area contributed by atoms with E-state index in [9.17, 15) is 4.79 Å². The highest BCUT2D eigenvalue weighted by atomic mass is 16.5. The fourth-order valence-electron chi connectivity index (χ4n) is 2.66. The van der Waals surface area contributed by atoms with Gasteiger partial charge >= 0.3 is 0 Å². The molecule has 0 radical (unpaired) electrons. The van der Waals surface area contributed by atoms with Gasteiger partial charge < -0.3 is 15.4 Å². The van der Waals surface area contributed by atoms with Crippen molar-refractivity contribution >= 4 is 11.6 Å². The first-order valence-corrected chi connectivity index (χ1v) is 8.30. The first kappa shape index (κ1) is 17.9. The maximum Gasteiger partial charge on any atom is 0.221 e. The van der Waals surface area contributed by atoms with Crippen molar-refractivity contribution in [2.24, 2.45) is 0 Å². The smallest absolute Gasteiger partial charge is 0.221 e. The molecule has 0 fully saturated rings. The first-order valence-electron chi connectivity index (χ1n) is 8.30. The summed E-state index contributed by atoms with van der Waals surface area (Å²) in [5.74, 6) is 0.910. The number of carbonyl (C=O) groups is 1. The summed E-state index contributed by atoms with van der Waals surface area (Å²) in [5.41, 5.74) is 4.69. The van der Waals surface area contributed by atoms with Crippen molar-refractivity contribution in [2.75, 3.05) is 25.5 Å². The predicted octanol–water partition coefficient (Wildman–Crippen LogP) is 3.47. The Morgan fingerprint density at radius 2 is 1.75 bits per heavy atom. The number of hydrogen-bond acceptors (Lipinski definition) is 3. The monoisotopic (exact) mass is 326 g/mol. The number of amides is 1. The normalized spacial score (nSPS) is 10.3. The van der Waals surface area contributed by atoms with Crippen LogP contribution in [-0.4, -0.2) is 26.1 Å². The zero-order chi connectivity index (χ0) is 17.4. The van der Waals surface area contributed by atoms with Crippen LogP contribution in [0.2, 0.25) is 0 Å². The lowest BCUT2D eigenvalue weighted by Crippen LogP contribution is -2.27. The number of nitrogens with one attached hydrogen (secondary N) is 2. The second-order valence-electron chi connectivity index (χ2n) is 5.90. The van der Waals surface area contributed by atoms with Gasteiger partial charge in [-0.25, -0.2) is 0 Å². The van der Waals surface area contributed by atoms with Crippen LogP contribution >= 0.6 is 0 Å². The highest BCUT2D eigenvalue weighted by Gasteiger charge is 2.04. The number of carbonyl (C=O) groups excluding carboxylic acids is 1. The topological polar surface area (TPSA) is 50.4 Å². The Hall–Kier alpha value is -2.49. The third-order valence-electron chi connectivity index (χ3n) is 4.00. The largest absolute Gasteiger partial charge is 0.497 e. The quantitative estimate of drug-likeness (QED) is 0.781. The standard InChI is InChI=1S/C20H26N2O2/c1-15-6-4-7-16(2)20(15)22-13-11-19(23)21-12-10-17-8-5-9-18(14-17)24-3/h4-9,14,22H,10-13H2,1-3H3,(H,21,23). The molecule has 24 heavy (non-hydrogen) atoms. The van der Waals surface area contributed by atoms with Crippen molar-refractivity contribution in [3.63, 3.8) is 0 Å². The molecule has 0 bridgehead atoms. The lowest BCUT2D eigenvalue weighted by molar-refractivity contribution is -0.120. The Kier molecular flexibility index (Phi) is 6.67. The lowest BCUT2D eigenvalue weighted by Gasteiger charge is -2.12. The van der Waals surface area contributed by atoms with Crippen LogP contribution in [0.25, 0.3) is 0 Å². The highest BCUT2D eigenvalue weighted by molar-refractivity contribution is 5.76. The Morgan fingerprint density at radius 1 is 1.04 bits per heavy atom. The average molecular weight is 326 g/mol. The minimum Gasteiger partial charge on any atom is -0.497 e. The molecule has 0 spiro atoms. The molecule has 128 valence electrons. The van der Waals surface area contributed by atoms with Crippen LogP contribution in [0, 0.1) is 13.8 Å². The van der Waals surface area contributed by atoms with Crippen molar-refractivity contribution in [2.45, 2.75) is 26.7 Å². The van der Waals surface area contributed by atoms with Gasteiger partial charge in [-0.15, -0.1) is 0 Å². The number of hydrogen-bond donors (Lipinski definition) is 2. The van der Waals surface area contributed by atoms with Gasteiger partial charge in [-0.05, 0) is 49.1 Å². The molecule has 2 aromatic rings. The van der Waals surface area contributed by atoms with E-state index in [0.717, 1.165) is 23.4 Å². The molecule has 2 N–H and O–H groups in total. The number of para-hydroxylation sites is 1. The lowest BCUT2D eigenvalue weighted by atomic mass is 10.1. The number of aryl methyl sites for hydroxylation is 2. The number of rotatable bonds is 8. The molecule has 0 unspecified atom stereocenters. The van der Waals surface area contributed by atoms with Gasteiger partial charge in [0, 0.05) is 25.2 Å². The predicted molar refractivity (Wildman–Crippen MR) is 98.7 cm³/mol. The van der Waals surface area contributed by atoms with Gasteiger partial charge in [0.05, 0.1) is 7.11 Å². The van der Waals surface area contributed by atoms with Crippen molar-refractivity contribution in [3.8, 4) is 5.75 Å². The molecule has 4 nitrogen and oxygen atoms in total. The Balaban J connectivity index is 1.70. The Labute approximate surface area is 144 Å². The van der Waals surface area contributed by atoms with Crippen LogP contribution in [-0.2, 0) is 11.2 Å². The maximum absolute atomic E-state index is 11.9. The summed E-state index contributed by atoms with van der Waals surface area (Å²) in [6.45, 7) is 5.42. The second kappa shape index (κ2) is 8.96. The summed E-state index contributed by atoms with van der Waals surface area (Å²) >= 11 is 0. The summed E-state index contributed by atoms with van der Waals surface area (Å²) < 4.78 is 5.20. The van der Waals surface area contributed by atoms with E-state index in [1.807, 2.05) is 30.3 Å². The number of anilines is 1. The zero-order valence-electron chi connectivity index (χ0n) is 14.7. The van der Waals surface area contributed by atoms with E-state index >= 15 is 0 Å². The molecule has 0 saturated heterocycles. The minimum absolute atomic E-state index is 0.0663. The first-order chi connectivity index (χ1) is 11.6. The SMILES string of the molecule is COc1cccc(CCNC(=O)CCNc2c(C)cccc2C)c1. The molecule has 2 aromatic carbocycles. The van der Waals surface area contributed by atoms with Crippen LogP contribution in [0.4, 0.5) is 5.69 Å². The van der Waals surface area contributed by atoms with Crippen LogP contribution in [0.15, 0.2) is 42.5 Å². The molecule has 2 rings (SSSR count). The third-order valence-corrected chi connectivity index (χ3v) is 4.00. The van der Waals surface area contributed by atoms with E-state index in [1.54, 1.807) is 7.11 Å². The van der Waals surface area contributed by atoms with Gasteiger partial charge in [-0.3, -0.25) is 4.79 Å². The Morgan fingerprint density at radius 3 is 2.46 bits per heavy atom. The van der Waals surface area contributed by atoms with E-state index < -0.39 is 0 Å². The fraction of sp³-hybridized carbons (Fsp3) is 0.350. The van der Waals surface area contributed by atoms with Crippen LogP contribution in [0.5, 0.6) is 5.75 Å². The maximum atomic E-state index is 11.9. The fourth-order valence-corrected chi connectivity index (χ4v) is 2.66. The van der Waals surface area contributed by atoms with Crippen LogP contribution < -0.4 is 15.4 Å². The summed E-state index contributed by atoms with van der Waals surface area (Å²) in [7, 11) is 1.66. The molecular weight excluding hydrogens is 300 g/mol. The van der Waals surface area contributed by atoms with E-state index in [2.05, 4.69) is 36.6 Å². The molecular formula is C20H26N2O2. The van der Waals surface area contributed by atoms with E-state index in [-0.39, 0.29) is 5.91 Å². The molecule has 0 heterocycles. The number of methoxy groups -OCH3 is 1. The molecule has 0 aliphatic rings. The second-order valence-corrected chi connectivity index (χ2v) is 5.90. The van der Waals surface area contributed by atoms with E-state index in [4.69, 9.17) is 4.74 Å². The molecule has 1 amide bonds. The van der Waals surface area contributed by atoms with Gasteiger partial charge in [0.15, 0.2) is 0 Å². The molecule has 0 atom stereocenters. The molecule has 0 saturated carbocycles. The number of benzene rings is 2. The Bertz CT molecular complexity index is 663. The summed E-state index contributed by atoms with van der Waals surface area (Å²) in [4.78, 5) is 11.9. The number of ether oxygens (including phenoxy) is 1. The molecule has 0 aliphatic heterocycles. The van der Waals surface area contributed by atoms with E-state index in [0.29, 0.717) is 19.5 Å². The van der Waals surface area contributed by atoms with Gasteiger partial charge in [0.2, 0.25) is 5.91 Å². The summed E-state index contributed by atoms with van der Waals surface area (Å²) in [6, 6.07) is 14.1. The van der Waals surface area contributed by atoms with Crippen molar-refractivity contribution in [3.05, 3.63) is 59.2 Å². The minimum atomic E-state index is 0.0663. The van der Waals surface area contributed by atoms with Crippen LogP contribution in [0.3, 0.4) is 0 Å². The zero-order valence-corrected chi connectivity index (χ0v) is 14.7. The van der Waals surface area contributed by atoms with Crippen LogP contribution in [0.1, 0.15) is 23.1 Å². The summed E-state index contributed by atoms with van der Waals surface area (Å²) in [6.07, 6.45) is 1.26. The highest BCUT2D eigenvalue weighted by Crippen LogP contribution is 2.19. The molecule has 0 aromatic heterocycles. The van der Waals surface area contributed by atoms with Gasteiger partial charge in [-0.2, -0.15) is 0 Å². The molecule has 4 heteroatoms. The van der Waals surface area contributed by atoms with E-state index in [1.165, 1.54) is 11.1 Å². The van der Waals surface area contributed by atoms with Crippen molar-refractivity contribution in [1.29, 1.82) is 0 Å². The summed E-state index contributed by atoms with van der Waals surface area (Å²) in [5, 5.41) is 6.32. The van der Waals surface area contributed by atoms with Gasteiger partial charge in [0.25, 0.3) is 0 Å². The van der Waals surface area contributed by atoms with Gasteiger partial charge in [0.1, 0.15) is 5.75 Å². The molecule has 0 aliphatic carbocycles. The van der Waals surface area contributed by atoms with Crippen molar-refractivity contribution < 1.29 is 9.53 Å². The van der Waals surface area contributed by atoms with Gasteiger partial charge in [-0.1, -0.05) is 30.3 Å².